The molecule has 1 unspecified atom stereocenters. The Morgan fingerprint density at radius 3 is 2.57 bits per heavy atom. The molecule has 0 amide bonds. The van der Waals surface area contributed by atoms with E-state index in [0.717, 1.165) is 17.5 Å². The van der Waals surface area contributed by atoms with Gasteiger partial charge in [0.2, 0.25) is 0 Å². The molecule has 118 valence electrons. The second-order valence-corrected chi connectivity index (χ2v) is 6.02. The van der Waals surface area contributed by atoms with Crippen molar-refractivity contribution in [3.63, 3.8) is 0 Å². The normalized spacial score (nSPS) is 12.4. The lowest BCUT2D eigenvalue weighted by molar-refractivity contribution is -0.907. The van der Waals surface area contributed by atoms with Gasteiger partial charge in [-0.15, -0.1) is 0 Å². The van der Waals surface area contributed by atoms with Gasteiger partial charge in [-0.25, -0.2) is 4.79 Å². The van der Waals surface area contributed by atoms with E-state index in [9.17, 15) is 9.90 Å². The van der Waals surface area contributed by atoms with Crippen LogP contribution in [0.4, 0.5) is 0 Å². The fourth-order valence-corrected chi connectivity index (χ4v) is 2.84. The zero-order valence-electron chi connectivity index (χ0n) is 13.3. The van der Waals surface area contributed by atoms with E-state index >= 15 is 0 Å². The second-order valence-electron chi connectivity index (χ2n) is 6.02. The Balaban J connectivity index is 1.93. The van der Waals surface area contributed by atoms with Gasteiger partial charge in [-0.05, 0) is 24.6 Å². The van der Waals surface area contributed by atoms with Crippen molar-refractivity contribution in [1.82, 2.24) is 0 Å². The molecule has 0 fully saturated rings. The lowest BCUT2D eigenvalue weighted by Gasteiger charge is -2.15. The van der Waals surface area contributed by atoms with E-state index in [1.54, 1.807) is 19.1 Å². The first-order valence-corrected chi connectivity index (χ1v) is 7.64. The molecule has 4 heteroatoms. The largest absolute Gasteiger partial charge is 0.508 e. The fourth-order valence-electron chi connectivity index (χ4n) is 2.84. The van der Waals surface area contributed by atoms with E-state index in [0.29, 0.717) is 17.7 Å². The van der Waals surface area contributed by atoms with Crippen LogP contribution in [0.3, 0.4) is 0 Å². The highest BCUT2D eigenvalue weighted by molar-refractivity contribution is 5.82. The van der Waals surface area contributed by atoms with E-state index in [1.807, 2.05) is 18.2 Å². The molecule has 0 spiro atoms. The standard InChI is InChI=1S/C19H19NO3/c1-13-8-18-16(10-17(13)21)15(9-19(22)23-18)12-20(2)11-14-6-4-3-5-7-14/h3-10,21H,11-12H2,1-2H3/p+1. The Morgan fingerprint density at radius 2 is 1.83 bits per heavy atom. The SMILES string of the molecule is Cc1cc2oc(=O)cc(C[NH+](C)Cc3ccccc3)c2cc1O. The number of rotatable bonds is 4. The van der Waals surface area contributed by atoms with E-state index in [4.69, 9.17) is 4.42 Å². The summed E-state index contributed by atoms with van der Waals surface area (Å²) >= 11 is 0. The zero-order valence-corrected chi connectivity index (χ0v) is 13.3. The van der Waals surface area contributed by atoms with Gasteiger partial charge < -0.3 is 14.4 Å². The first-order chi connectivity index (χ1) is 11.0. The van der Waals surface area contributed by atoms with Crippen LogP contribution in [0.1, 0.15) is 16.7 Å². The topological polar surface area (TPSA) is 54.9 Å². The molecule has 0 saturated heterocycles. The predicted octanol–water partition coefficient (Wildman–Crippen LogP) is 2.02. The van der Waals surface area contributed by atoms with Crippen molar-refractivity contribution in [1.29, 1.82) is 0 Å². The number of aryl methyl sites for hydroxylation is 1. The van der Waals surface area contributed by atoms with Gasteiger partial charge in [0.15, 0.2) is 0 Å². The van der Waals surface area contributed by atoms with Gasteiger partial charge in [-0.3, -0.25) is 0 Å². The molecule has 0 radical (unpaired) electrons. The molecule has 3 aromatic rings. The summed E-state index contributed by atoms with van der Waals surface area (Å²) in [7, 11) is 2.08. The van der Waals surface area contributed by atoms with Crippen LogP contribution in [0.25, 0.3) is 11.0 Å². The first-order valence-electron chi connectivity index (χ1n) is 7.64. The van der Waals surface area contributed by atoms with Gasteiger partial charge in [0.1, 0.15) is 24.4 Å². The highest BCUT2D eigenvalue weighted by atomic mass is 16.4. The predicted molar refractivity (Wildman–Crippen MR) is 89.6 cm³/mol. The molecular formula is C19H20NO3+. The third-order valence-corrected chi connectivity index (χ3v) is 3.99. The Morgan fingerprint density at radius 1 is 1.09 bits per heavy atom. The number of nitrogens with one attached hydrogen (secondary N) is 1. The van der Waals surface area contributed by atoms with Gasteiger partial charge in [0, 0.05) is 22.6 Å². The summed E-state index contributed by atoms with van der Waals surface area (Å²) < 4.78 is 5.26. The van der Waals surface area contributed by atoms with Crippen LogP contribution in [0.5, 0.6) is 5.75 Å². The minimum Gasteiger partial charge on any atom is -0.508 e. The summed E-state index contributed by atoms with van der Waals surface area (Å²) in [5, 5.41) is 10.7. The van der Waals surface area contributed by atoms with Crippen molar-refractivity contribution in [3.05, 3.63) is 75.6 Å². The Kier molecular flexibility index (Phi) is 4.17. The van der Waals surface area contributed by atoms with Crippen LogP contribution in [0, 0.1) is 6.92 Å². The van der Waals surface area contributed by atoms with E-state index in [-0.39, 0.29) is 11.4 Å². The van der Waals surface area contributed by atoms with E-state index < -0.39 is 0 Å². The summed E-state index contributed by atoms with van der Waals surface area (Å²) in [5.74, 6) is 0.216. The molecule has 1 atom stereocenters. The molecule has 3 rings (SSSR count). The number of benzene rings is 2. The number of quaternary nitrogens is 1. The van der Waals surface area contributed by atoms with Crippen LogP contribution in [0.15, 0.2) is 57.7 Å². The van der Waals surface area contributed by atoms with Crippen molar-refractivity contribution in [2.45, 2.75) is 20.0 Å². The molecule has 0 aliphatic heterocycles. The molecule has 23 heavy (non-hydrogen) atoms. The number of phenols is 1. The summed E-state index contributed by atoms with van der Waals surface area (Å²) in [6.45, 7) is 3.33. The first kappa shape index (κ1) is 15.3. The highest BCUT2D eigenvalue weighted by Crippen LogP contribution is 2.25. The summed E-state index contributed by atoms with van der Waals surface area (Å²) in [5.41, 5.74) is 3.00. The third-order valence-electron chi connectivity index (χ3n) is 3.99. The van der Waals surface area contributed by atoms with Crippen molar-refractivity contribution >= 4 is 11.0 Å². The molecule has 0 aliphatic carbocycles. The molecule has 2 aromatic carbocycles. The number of aromatic hydroxyl groups is 1. The highest BCUT2D eigenvalue weighted by Gasteiger charge is 2.13. The lowest BCUT2D eigenvalue weighted by Crippen LogP contribution is -3.06. The molecule has 0 aliphatic rings. The number of fused-ring (bicyclic) bond motifs is 1. The van der Waals surface area contributed by atoms with Gasteiger partial charge in [-0.1, -0.05) is 30.3 Å². The Labute approximate surface area is 134 Å². The van der Waals surface area contributed by atoms with Gasteiger partial charge >= 0.3 is 5.63 Å². The maximum atomic E-state index is 11.8. The average Bonchev–Trinajstić information content (AvgIpc) is 2.50. The Hall–Kier alpha value is -2.59. The van der Waals surface area contributed by atoms with Gasteiger partial charge in [0.05, 0.1) is 7.05 Å². The van der Waals surface area contributed by atoms with Crippen LogP contribution in [0.2, 0.25) is 0 Å². The number of hydrogen-bond acceptors (Lipinski definition) is 3. The summed E-state index contributed by atoms with van der Waals surface area (Å²) in [6.07, 6.45) is 0. The molecule has 0 bridgehead atoms. The average molecular weight is 310 g/mol. The molecular weight excluding hydrogens is 290 g/mol. The maximum Gasteiger partial charge on any atom is 0.336 e. The lowest BCUT2D eigenvalue weighted by atomic mass is 10.1. The Bertz CT molecular complexity index is 884. The monoisotopic (exact) mass is 310 g/mol. The summed E-state index contributed by atoms with van der Waals surface area (Å²) in [4.78, 5) is 13.1. The van der Waals surface area contributed by atoms with Crippen LogP contribution >= 0.6 is 0 Å². The van der Waals surface area contributed by atoms with Crippen molar-refractivity contribution in [3.8, 4) is 5.75 Å². The van der Waals surface area contributed by atoms with Crippen LogP contribution in [-0.4, -0.2) is 12.2 Å². The van der Waals surface area contributed by atoms with E-state index in [2.05, 4.69) is 19.2 Å². The minimum absolute atomic E-state index is 0.216. The molecule has 0 saturated carbocycles. The molecule has 4 nitrogen and oxygen atoms in total. The molecule has 2 N–H and O–H groups in total. The van der Waals surface area contributed by atoms with Gasteiger partial charge in [-0.2, -0.15) is 0 Å². The maximum absolute atomic E-state index is 11.8. The van der Waals surface area contributed by atoms with Gasteiger partial charge in [0.25, 0.3) is 0 Å². The molecule has 1 heterocycles. The van der Waals surface area contributed by atoms with Crippen LogP contribution in [-0.2, 0) is 13.1 Å². The summed E-state index contributed by atoms with van der Waals surface area (Å²) in [6, 6.07) is 15.1. The van der Waals surface area contributed by atoms with Crippen LogP contribution < -0.4 is 10.5 Å². The van der Waals surface area contributed by atoms with Crippen molar-refractivity contribution < 1.29 is 14.4 Å². The van der Waals surface area contributed by atoms with E-state index in [1.165, 1.54) is 16.5 Å². The number of phenolic OH excluding ortho intramolecular Hbond substituents is 1. The minimum atomic E-state index is -0.356. The quantitative estimate of drug-likeness (QED) is 0.725. The molecule has 1 aromatic heterocycles. The van der Waals surface area contributed by atoms with Crippen molar-refractivity contribution in [2.24, 2.45) is 0 Å². The fraction of sp³-hybridized carbons (Fsp3) is 0.211. The number of hydrogen-bond donors (Lipinski definition) is 2. The van der Waals surface area contributed by atoms with Crippen molar-refractivity contribution in [2.75, 3.05) is 7.05 Å². The third kappa shape index (κ3) is 3.43. The zero-order chi connectivity index (χ0) is 16.4. The second kappa shape index (κ2) is 6.26. The smallest absolute Gasteiger partial charge is 0.336 e.